The Bertz CT molecular complexity index is 970. The van der Waals surface area contributed by atoms with E-state index < -0.39 is 0 Å². The number of thiophene rings is 1. The maximum atomic E-state index is 12.8. The second-order valence-electron chi connectivity index (χ2n) is 8.30. The minimum atomic E-state index is -0.121. The van der Waals surface area contributed by atoms with E-state index in [-0.39, 0.29) is 17.4 Å². The number of likely N-dealkylation sites (N-methyl/N-ethyl adjacent to an activating group) is 1. The summed E-state index contributed by atoms with van der Waals surface area (Å²) in [6.07, 6.45) is 0. The molecule has 0 aliphatic rings. The molecule has 3 nitrogen and oxygen atoms in total. The molecule has 3 aromatic rings. The molecule has 0 aliphatic heterocycles. The fourth-order valence-electron chi connectivity index (χ4n) is 3.23. The predicted molar refractivity (Wildman–Crippen MR) is 121 cm³/mol. The van der Waals surface area contributed by atoms with Gasteiger partial charge in [0.05, 0.1) is 11.1 Å². The van der Waals surface area contributed by atoms with Gasteiger partial charge in [-0.3, -0.25) is 4.79 Å². The third-order valence-corrected chi connectivity index (χ3v) is 6.66. The molecule has 1 amide bonds. The minimum absolute atomic E-state index is 0.0890. The Morgan fingerprint density at radius 1 is 1.11 bits per heavy atom. The number of benzene rings is 2. The lowest BCUT2D eigenvalue weighted by molar-refractivity contribution is 0.0946. The first kappa shape index (κ1) is 20.8. The van der Waals surface area contributed by atoms with Crippen LogP contribution >= 0.6 is 22.9 Å². The number of fused-ring (bicyclic) bond motifs is 1. The van der Waals surface area contributed by atoms with Gasteiger partial charge in [-0.25, -0.2) is 0 Å². The zero-order chi connectivity index (χ0) is 20.5. The van der Waals surface area contributed by atoms with E-state index >= 15 is 0 Å². The molecule has 0 bridgehead atoms. The van der Waals surface area contributed by atoms with Crippen molar-refractivity contribution in [3.63, 3.8) is 0 Å². The zero-order valence-corrected chi connectivity index (χ0v) is 18.6. The normalized spacial score (nSPS) is 13.1. The van der Waals surface area contributed by atoms with Crippen molar-refractivity contribution in [1.82, 2.24) is 10.2 Å². The van der Waals surface area contributed by atoms with Gasteiger partial charge in [0.15, 0.2) is 0 Å². The van der Waals surface area contributed by atoms with Crippen molar-refractivity contribution in [2.45, 2.75) is 32.2 Å². The van der Waals surface area contributed by atoms with Crippen LogP contribution in [0.15, 0.2) is 48.5 Å². The van der Waals surface area contributed by atoms with Crippen molar-refractivity contribution in [2.24, 2.45) is 0 Å². The van der Waals surface area contributed by atoms with Crippen molar-refractivity contribution in [1.29, 1.82) is 0 Å². The number of nitrogens with zero attached hydrogens (tertiary/aromatic N) is 1. The number of carbonyl (C=O) groups excluding carboxylic acids is 1. The summed E-state index contributed by atoms with van der Waals surface area (Å²) in [6, 6.07) is 16.6. The minimum Gasteiger partial charge on any atom is -0.349 e. The molecule has 3 rings (SSSR count). The molecule has 0 spiro atoms. The van der Waals surface area contributed by atoms with E-state index in [9.17, 15) is 4.79 Å². The standard InChI is InChI=1S/C23H27ClN2OS/c1-23(2,3)16-12-10-15(11-13-16)18(26(4)5)14-25-22(27)21-20(24)17-8-6-7-9-19(17)28-21/h6-13,18H,14H2,1-5H3,(H,25,27)/t18-/m1/s1. The smallest absolute Gasteiger partial charge is 0.262 e. The van der Waals surface area contributed by atoms with Crippen LogP contribution in [0.25, 0.3) is 10.1 Å². The third kappa shape index (κ3) is 4.40. The van der Waals surface area contributed by atoms with Crippen molar-refractivity contribution < 1.29 is 4.79 Å². The molecule has 1 N–H and O–H groups in total. The summed E-state index contributed by atoms with van der Waals surface area (Å²) in [5, 5.41) is 4.54. The van der Waals surface area contributed by atoms with Gasteiger partial charge in [-0.05, 0) is 36.7 Å². The number of nitrogens with one attached hydrogen (secondary N) is 1. The molecule has 28 heavy (non-hydrogen) atoms. The highest BCUT2D eigenvalue weighted by Crippen LogP contribution is 2.35. The maximum absolute atomic E-state index is 12.8. The number of carbonyl (C=O) groups is 1. The topological polar surface area (TPSA) is 32.3 Å². The number of halogens is 1. The van der Waals surface area contributed by atoms with Crippen LogP contribution in [0.1, 0.15) is 47.6 Å². The van der Waals surface area contributed by atoms with E-state index in [1.54, 1.807) is 0 Å². The molecular formula is C23H27ClN2OS. The molecule has 2 aromatic carbocycles. The van der Waals surface area contributed by atoms with Gasteiger partial charge in [-0.1, -0.05) is 74.8 Å². The van der Waals surface area contributed by atoms with Gasteiger partial charge in [0.25, 0.3) is 5.91 Å². The Kier molecular flexibility index (Phi) is 6.13. The Hall–Kier alpha value is -1.88. The monoisotopic (exact) mass is 414 g/mol. The fourth-order valence-corrected chi connectivity index (χ4v) is 4.67. The maximum Gasteiger partial charge on any atom is 0.262 e. The van der Waals surface area contributed by atoms with Gasteiger partial charge in [-0.2, -0.15) is 0 Å². The molecule has 0 unspecified atom stereocenters. The lowest BCUT2D eigenvalue weighted by Gasteiger charge is -2.26. The molecule has 1 heterocycles. The molecule has 0 aliphatic carbocycles. The van der Waals surface area contributed by atoms with Crippen molar-refractivity contribution in [2.75, 3.05) is 20.6 Å². The van der Waals surface area contributed by atoms with Gasteiger partial charge < -0.3 is 10.2 Å². The summed E-state index contributed by atoms with van der Waals surface area (Å²) in [6.45, 7) is 7.15. The van der Waals surface area contributed by atoms with E-state index in [0.29, 0.717) is 16.4 Å². The Labute approximate surface area is 176 Å². The average Bonchev–Trinajstić information content (AvgIpc) is 2.98. The highest BCUT2D eigenvalue weighted by molar-refractivity contribution is 7.21. The van der Waals surface area contributed by atoms with Crippen molar-refractivity contribution >= 4 is 38.9 Å². The third-order valence-electron chi connectivity index (χ3n) is 4.98. The van der Waals surface area contributed by atoms with Gasteiger partial charge in [-0.15, -0.1) is 11.3 Å². The molecule has 148 valence electrons. The van der Waals surface area contributed by atoms with E-state index in [2.05, 4.69) is 55.3 Å². The van der Waals surface area contributed by atoms with Crippen molar-refractivity contribution in [3.05, 3.63) is 69.6 Å². The average molecular weight is 415 g/mol. The summed E-state index contributed by atoms with van der Waals surface area (Å²) in [4.78, 5) is 15.5. The second kappa shape index (κ2) is 8.24. The first-order valence-corrected chi connectivity index (χ1v) is 10.6. The molecule has 0 saturated heterocycles. The van der Waals surface area contributed by atoms with Gasteiger partial charge in [0, 0.05) is 16.6 Å². The lowest BCUT2D eigenvalue weighted by atomic mass is 9.86. The Morgan fingerprint density at radius 3 is 2.32 bits per heavy atom. The first-order chi connectivity index (χ1) is 13.2. The van der Waals surface area contributed by atoms with Crippen LogP contribution in [0.2, 0.25) is 5.02 Å². The number of amides is 1. The fraction of sp³-hybridized carbons (Fsp3) is 0.348. The number of rotatable bonds is 5. The van der Waals surface area contributed by atoms with Crippen LogP contribution in [-0.4, -0.2) is 31.4 Å². The largest absolute Gasteiger partial charge is 0.349 e. The lowest BCUT2D eigenvalue weighted by Crippen LogP contribution is -2.34. The quantitative estimate of drug-likeness (QED) is 0.564. The van der Waals surface area contributed by atoms with Crippen LogP contribution < -0.4 is 5.32 Å². The predicted octanol–water partition coefficient (Wildman–Crippen LogP) is 5.88. The number of hydrogen-bond donors (Lipinski definition) is 1. The van der Waals surface area contributed by atoms with Gasteiger partial charge in [0.1, 0.15) is 4.88 Å². The SMILES string of the molecule is CN(C)[C@H](CNC(=O)c1sc2ccccc2c1Cl)c1ccc(C(C)(C)C)cc1. The van der Waals surface area contributed by atoms with Gasteiger partial charge >= 0.3 is 0 Å². The number of hydrogen-bond acceptors (Lipinski definition) is 3. The Morgan fingerprint density at radius 2 is 1.75 bits per heavy atom. The molecule has 1 atom stereocenters. The summed E-state index contributed by atoms with van der Waals surface area (Å²) >= 11 is 7.88. The molecular weight excluding hydrogens is 388 g/mol. The Balaban J connectivity index is 1.76. The van der Waals surface area contributed by atoms with Crippen LogP contribution in [-0.2, 0) is 5.41 Å². The highest BCUT2D eigenvalue weighted by Gasteiger charge is 2.21. The molecule has 0 saturated carbocycles. The molecule has 5 heteroatoms. The van der Waals surface area contributed by atoms with E-state index in [1.807, 2.05) is 38.4 Å². The van der Waals surface area contributed by atoms with Crippen LogP contribution in [0.3, 0.4) is 0 Å². The van der Waals surface area contributed by atoms with Crippen molar-refractivity contribution in [3.8, 4) is 0 Å². The zero-order valence-electron chi connectivity index (χ0n) is 17.0. The summed E-state index contributed by atoms with van der Waals surface area (Å²) in [5.41, 5.74) is 2.61. The van der Waals surface area contributed by atoms with Crippen LogP contribution in [0, 0.1) is 0 Å². The van der Waals surface area contributed by atoms with Gasteiger partial charge in [0.2, 0.25) is 0 Å². The summed E-state index contributed by atoms with van der Waals surface area (Å²) in [7, 11) is 4.06. The second-order valence-corrected chi connectivity index (χ2v) is 9.73. The van der Waals surface area contributed by atoms with E-state index in [0.717, 1.165) is 10.1 Å². The summed E-state index contributed by atoms with van der Waals surface area (Å²) < 4.78 is 1.03. The highest BCUT2D eigenvalue weighted by atomic mass is 35.5. The summed E-state index contributed by atoms with van der Waals surface area (Å²) in [5.74, 6) is -0.121. The molecule has 0 fully saturated rings. The van der Waals surface area contributed by atoms with Crippen LogP contribution in [0.5, 0.6) is 0 Å². The molecule has 1 aromatic heterocycles. The molecule has 0 radical (unpaired) electrons. The van der Waals surface area contributed by atoms with E-state index in [1.165, 1.54) is 22.5 Å². The van der Waals surface area contributed by atoms with E-state index in [4.69, 9.17) is 11.6 Å². The van der Waals surface area contributed by atoms with Crippen LogP contribution in [0.4, 0.5) is 0 Å². The first-order valence-electron chi connectivity index (χ1n) is 9.40.